The Morgan fingerprint density at radius 1 is 1.11 bits per heavy atom. The summed E-state index contributed by atoms with van der Waals surface area (Å²) < 4.78 is 35.4. The molecule has 2 amide bonds. The SMILES string of the molecule is COc1cc(C(=O)N[C@H]2CCN(Cc3ccccc3)C2)ccc1Nc1ncc2c(n1)N(C1CCCC1)CC(F)(F)C(=O)N2C. The highest BCUT2D eigenvalue weighted by molar-refractivity contribution is 6.02. The molecule has 3 aromatic rings. The number of fused-ring (bicyclic) bond motifs is 1. The smallest absolute Gasteiger partial charge is 0.342 e. The van der Waals surface area contributed by atoms with Crippen LogP contribution in [0.15, 0.2) is 54.7 Å². The molecule has 1 aliphatic carbocycles. The Morgan fingerprint density at radius 3 is 2.64 bits per heavy atom. The van der Waals surface area contributed by atoms with E-state index in [2.05, 4.69) is 37.6 Å². The molecule has 3 aliphatic rings. The number of carbonyl (C=O) groups is 2. The topological polar surface area (TPSA) is 103 Å². The molecule has 0 spiro atoms. The van der Waals surface area contributed by atoms with Gasteiger partial charge in [0.25, 0.3) is 11.8 Å². The largest absolute Gasteiger partial charge is 0.495 e. The number of carbonyl (C=O) groups excluding carboxylic acids is 2. The van der Waals surface area contributed by atoms with Crippen molar-refractivity contribution in [2.75, 3.05) is 48.9 Å². The van der Waals surface area contributed by atoms with Gasteiger partial charge in [-0.15, -0.1) is 0 Å². The predicted octanol–water partition coefficient (Wildman–Crippen LogP) is 4.59. The Morgan fingerprint density at radius 2 is 1.89 bits per heavy atom. The molecule has 0 radical (unpaired) electrons. The van der Waals surface area contributed by atoms with E-state index in [4.69, 9.17) is 4.74 Å². The van der Waals surface area contributed by atoms with E-state index in [1.807, 2.05) is 18.2 Å². The number of alkyl halides is 2. The second-order valence-electron chi connectivity index (χ2n) is 11.8. The summed E-state index contributed by atoms with van der Waals surface area (Å²) in [6.07, 6.45) is 5.64. The van der Waals surface area contributed by atoms with Gasteiger partial charge >= 0.3 is 5.92 Å². The highest BCUT2D eigenvalue weighted by atomic mass is 19.3. The van der Waals surface area contributed by atoms with Crippen LogP contribution in [0.1, 0.15) is 48.0 Å². The first-order valence-corrected chi connectivity index (χ1v) is 15.0. The van der Waals surface area contributed by atoms with Crippen LogP contribution in [-0.4, -0.2) is 78.5 Å². The molecule has 44 heavy (non-hydrogen) atoms. The van der Waals surface area contributed by atoms with Crippen molar-refractivity contribution in [1.82, 2.24) is 20.2 Å². The van der Waals surface area contributed by atoms with Crippen molar-refractivity contribution in [3.63, 3.8) is 0 Å². The number of rotatable bonds is 8. The summed E-state index contributed by atoms with van der Waals surface area (Å²) in [7, 11) is 2.83. The number of ether oxygens (including phenoxy) is 1. The second kappa shape index (κ2) is 12.4. The van der Waals surface area contributed by atoms with Crippen molar-refractivity contribution in [1.29, 1.82) is 0 Å². The Hall–Kier alpha value is -4.32. The maximum Gasteiger partial charge on any atom is 0.342 e. The van der Waals surface area contributed by atoms with Gasteiger partial charge in [0, 0.05) is 44.3 Å². The van der Waals surface area contributed by atoms with E-state index in [0.717, 1.165) is 56.6 Å². The zero-order valence-electron chi connectivity index (χ0n) is 24.9. The van der Waals surface area contributed by atoms with E-state index in [0.29, 0.717) is 17.0 Å². The van der Waals surface area contributed by atoms with E-state index in [1.165, 1.54) is 25.9 Å². The lowest BCUT2D eigenvalue weighted by atomic mass is 10.1. The molecule has 3 heterocycles. The first kappa shape index (κ1) is 29.7. The quantitative estimate of drug-likeness (QED) is 0.385. The first-order valence-electron chi connectivity index (χ1n) is 15.0. The van der Waals surface area contributed by atoms with Crippen molar-refractivity contribution < 1.29 is 23.1 Å². The first-order chi connectivity index (χ1) is 21.2. The number of aromatic nitrogens is 2. The average molecular weight is 606 g/mol. The van der Waals surface area contributed by atoms with Gasteiger partial charge in [0.15, 0.2) is 5.82 Å². The Labute approximate surface area is 255 Å². The van der Waals surface area contributed by atoms with E-state index in [-0.39, 0.29) is 35.4 Å². The molecule has 1 saturated carbocycles. The van der Waals surface area contributed by atoms with Gasteiger partial charge in [0.1, 0.15) is 11.4 Å². The highest BCUT2D eigenvalue weighted by Gasteiger charge is 2.48. The maximum atomic E-state index is 14.9. The zero-order valence-corrected chi connectivity index (χ0v) is 24.9. The molecule has 1 aromatic heterocycles. The Balaban J connectivity index is 1.17. The van der Waals surface area contributed by atoms with Crippen molar-refractivity contribution in [3.05, 3.63) is 65.9 Å². The minimum Gasteiger partial charge on any atom is -0.495 e. The number of nitrogens with zero attached hydrogens (tertiary/aromatic N) is 5. The monoisotopic (exact) mass is 605 g/mol. The molecular formula is C32H37F2N7O3. The van der Waals surface area contributed by atoms with Crippen LogP contribution in [0.4, 0.5) is 31.9 Å². The van der Waals surface area contributed by atoms with Gasteiger partial charge in [-0.25, -0.2) is 4.98 Å². The zero-order chi connectivity index (χ0) is 30.8. The van der Waals surface area contributed by atoms with Crippen LogP contribution in [0.5, 0.6) is 5.75 Å². The minimum atomic E-state index is -3.55. The number of hydrogen-bond acceptors (Lipinski definition) is 8. The third kappa shape index (κ3) is 6.17. The average Bonchev–Trinajstić information content (AvgIpc) is 3.71. The van der Waals surface area contributed by atoms with Crippen LogP contribution < -0.4 is 25.2 Å². The van der Waals surface area contributed by atoms with Gasteiger partial charge < -0.3 is 25.2 Å². The summed E-state index contributed by atoms with van der Waals surface area (Å²) >= 11 is 0. The van der Waals surface area contributed by atoms with Crippen molar-refractivity contribution in [2.24, 2.45) is 0 Å². The lowest BCUT2D eigenvalue weighted by Gasteiger charge is -2.31. The van der Waals surface area contributed by atoms with Crippen LogP contribution in [-0.2, 0) is 11.3 Å². The number of hydrogen-bond donors (Lipinski definition) is 2. The normalized spacial score (nSPS) is 20.4. The van der Waals surface area contributed by atoms with Crippen LogP contribution in [0.25, 0.3) is 0 Å². The van der Waals surface area contributed by atoms with Crippen molar-refractivity contribution in [3.8, 4) is 5.75 Å². The molecule has 2 aliphatic heterocycles. The summed E-state index contributed by atoms with van der Waals surface area (Å²) in [5, 5.41) is 6.25. The fraction of sp³-hybridized carbons (Fsp3) is 0.438. The highest BCUT2D eigenvalue weighted by Crippen LogP contribution is 2.40. The van der Waals surface area contributed by atoms with E-state index < -0.39 is 18.4 Å². The second-order valence-corrected chi connectivity index (χ2v) is 11.8. The van der Waals surface area contributed by atoms with Gasteiger partial charge in [-0.2, -0.15) is 13.8 Å². The number of likely N-dealkylation sites (tertiary alicyclic amines) is 1. The molecule has 2 N–H and O–H groups in total. The number of nitrogens with one attached hydrogen (secondary N) is 2. The summed E-state index contributed by atoms with van der Waals surface area (Å²) in [6, 6.07) is 15.2. The standard InChI is InChI=1S/C32H37F2N7O3/c1-39-26-17-35-31(38-28(26)41(24-10-6-7-11-24)20-32(33,34)30(39)43)37-25-13-12-22(16-27(25)44-2)29(42)36-23-14-15-40(19-23)18-21-8-4-3-5-9-21/h3-5,8-9,12-13,16-17,23-24H,6-7,10-11,14-15,18-20H2,1-2H3,(H,36,42)(H,35,37,38)/t23-/m0/s1. The lowest BCUT2D eigenvalue weighted by Crippen LogP contribution is -2.48. The number of benzene rings is 2. The van der Waals surface area contributed by atoms with Gasteiger partial charge in [0.2, 0.25) is 5.95 Å². The number of anilines is 4. The van der Waals surface area contributed by atoms with Crippen LogP contribution in [0, 0.1) is 0 Å². The Kier molecular flexibility index (Phi) is 8.35. The molecule has 232 valence electrons. The summed E-state index contributed by atoms with van der Waals surface area (Å²) in [4.78, 5) is 39.5. The number of halogens is 2. The lowest BCUT2D eigenvalue weighted by molar-refractivity contribution is -0.140. The number of methoxy groups -OCH3 is 1. The molecule has 12 heteroatoms. The van der Waals surface area contributed by atoms with Crippen LogP contribution in [0.3, 0.4) is 0 Å². The predicted molar refractivity (Wildman–Crippen MR) is 164 cm³/mol. The number of amides is 2. The van der Waals surface area contributed by atoms with Crippen molar-refractivity contribution in [2.45, 2.75) is 56.7 Å². The maximum absolute atomic E-state index is 14.9. The summed E-state index contributed by atoms with van der Waals surface area (Å²) in [6.45, 7) is 1.80. The third-order valence-corrected chi connectivity index (χ3v) is 8.70. The van der Waals surface area contributed by atoms with E-state index >= 15 is 0 Å². The van der Waals surface area contributed by atoms with Crippen LogP contribution >= 0.6 is 0 Å². The summed E-state index contributed by atoms with van der Waals surface area (Å²) in [5.41, 5.74) is 2.44. The Bertz CT molecular complexity index is 1520. The van der Waals surface area contributed by atoms with Crippen LogP contribution in [0.2, 0.25) is 0 Å². The fourth-order valence-electron chi connectivity index (χ4n) is 6.36. The van der Waals surface area contributed by atoms with Gasteiger partial charge in [-0.3, -0.25) is 14.5 Å². The van der Waals surface area contributed by atoms with Gasteiger partial charge in [-0.05, 0) is 43.0 Å². The van der Waals surface area contributed by atoms with Gasteiger partial charge in [-0.1, -0.05) is 43.2 Å². The molecule has 0 bridgehead atoms. The van der Waals surface area contributed by atoms with Gasteiger partial charge in [0.05, 0.1) is 25.5 Å². The fourth-order valence-corrected chi connectivity index (χ4v) is 6.36. The molecule has 2 fully saturated rings. The third-order valence-electron chi connectivity index (χ3n) is 8.70. The van der Waals surface area contributed by atoms with E-state index in [9.17, 15) is 18.4 Å². The molecule has 6 rings (SSSR count). The molecule has 1 atom stereocenters. The molecular weight excluding hydrogens is 568 g/mol. The molecule has 1 saturated heterocycles. The van der Waals surface area contributed by atoms with Crippen molar-refractivity contribution >= 4 is 35.0 Å². The van der Waals surface area contributed by atoms with E-state index in [1.54, 1.807) is 23.1 Å². The molecule has 0 unspecified atom stereocenters. The summed E-state index contributed by atoms with van der Waals surface area (Å²) in [5.74, 6) is -4.17. The molecule has 10 nitrogen and oxygen atoms in total. The molecule has 2 aromatic carbocycles. The minimum absolute atomic E-state index is 0.0446.